The molecule has 164 valence electrons. The van der Waals surface area contributed by atoms with Crippen LogP contribution < -0.4 is 10.1 Å². The second kappa shape index (κ2) is 10.7. The Morgan fingerprint density at radius 2 is 1.80 bits per heavy atom. The van der Waals surface area contributed by atoms with Gasteiger partial charge in [-0.3, -0.25) is 0 Å². The molecule has 1 aromatic carbocycles. The first-order chi connectivity index (χ1) is 14.3. The lowest BCUT2D eigenvalue weighted by Gasteiger charge is -2.24. The van der Waals surface area contributed by atoms with Gasteiger partial charge in [0.1, 0.15) is 11.4 Å². The molecule has 0 spiro atoms. The molecule has 7 heteroatoms. The standard InChI is InChI=1S/C23H33N3O4/c1-7-30-22(27)21-16(4)20(17(5)25-21)14-26(23(28)24-12-15(2)3)13-18-8-10-19(29-6)11-9-18/h8-11,15,25H,7,12-14H2,1-6H3,(H,24,28). The topological polar surface area (TPSA) is 83.7 Å². The van der Waals surface area contributed by atoms with Crippen molar-refractivity contribution in [1.82, 2.24) is 15.2 Å². The zero-order valence-electron chi connectivity index (χ0n) is 18.8. The number of amides is 2. The number of H-pyrrole nitrogens is 1. The molecule has 0 aliphatic carbocycles. The molecular weight excluding hydrogens is 382 g/mol. The van der Waals surface area contributed by atoms with Crippen molar-refractivity contribution in [3.05, 3.63) is 52.3 Å². The summed E-state index contributed by atoms with van der Waals surface area (Å²) in [6, 6.07) is 7.51. The van der Waals surface area contributed by atoms with Crippen molar-refractivity contribution in [1.29, 1.82) is 0 Å². The van der Waals surface area contributed by atoms with Gasteiger partial charge in [-0.1, -0.05) is 26.0 Å². The van der Waals surface area contributed by atoms with E-state index in [1.807, 2.05) is 38.1 Å². The van der Waals surface area contributed by atoms with Crippen molar-refractivity contribution in [2.24, 2.45) is 5.92 Å². The first kappa shape index (κ1) is 23.3. The van der Waals surface area contributed by atoms with Crippen LogP contribution in [0, 0.1) is 19.8 Å². The predicted molar refractivity (Wildman–Crippen MR) is 117 cm³/mol. The van der Waals surface area contributed by atoms with Crippen LogP contribution in [0.2, 0.25) is 0 Å². The molecule has 2 aromatic rings. The second-order valence-electron chi connectivity index (χ2n) is 7.73. The van der Waals surface area contributed by atoms with Crippen LogP contribution in [0.15, 0.2) is 24.3 Å². The van der Waals surface area contributed by atoms with E-state index in [9.17, 15) is 9.59 Å². The fraction of sp³-hybridized carbons (Fsp3) is 0.478. The van der Waals surface area contributed by atoms with E-state index in [0.717, 1.165) is 28.1 Å². The molecule has 30 heavy (non-hydrogen) atoms. The molecule has 0 bridgehead atoms. The lowest BCUT2D eigenvalue weighted by Crippen LogP contribution is -2.40. The predicted octanol–water partition coefficient (Wildman–Crippen LogP) is 4.18. The summed E-state index contributed by atoms with van der Waals surface area (Å²) in [6.45, 7) is 11.4. The van der Waals surface area contributed by atoms with E-state index in [0.29, 0.717) is 37.9 Å². The van der Waals surface area contributed by atoms with E-state index in [1.165, 1.54) is 0 Å². The van der Waals surface area contributed by atoms with Gasteiger partial charge in [-0.15, -0.1) is 0 Å². The molecule has 7 nitrogen and oxygen atoms in total. The van der Waals surface area contributed by atoms with E-state index >= 15 is 0 Å². The highest BCUT2D eigenvalue weighted by atomic mass is 16.5. The molecule has 1 heterocycles. The van der Waals surface area contributed by atoms with Gasteiger partial charge in [-0.2, -0.15) is 0 Å². The Hall–Kier alpha value is -2.96. The molecule has 0 saturated carbocycles. The van der Waals surface area contributed by atoms with E-state index in [-0.39, 0.29) is 12.0 Å². The molecule has 2 rings (SSSR count). The number of hydrogen-bond donors (Lipinski definition) is 2. The van der Waals surface area contributed by atoms with Gasteiger partial charge >= 0.3 is 12.0 Å². The number of nitrogens with zero attached hydrogens (tertiary/aromatic N) is 1. The lowest BCUT2D eigenvalue weighted by molar-refractivity contribution is 0.0519. The van der Waals surface area contributed by atoms with Crippen LogP contribution in [0.1, 0.15) is 53.6 Å². The number of nitrogens with one attached hydrogen (secondary N) is 2. The first-order valence-corrected chi connectivity index (χ1v) is 10.3. The van der Waals surface area contributed by atoms with E-state index in [4.69, 9.17) is 9.47 Å². The fourth-order valence-corrected chi connectivity index (χ4v) is 3.18. The molecule has 0 aliphatic rings. The molecule has 0 fully saturated rings. The number of aryl methyl sites for hydroxylation is 1. The summed E-state index contributed by atoms with van der Waals surface area (Å²) in [7, 11) is 1.62. The Kier molecular flexibility index (Phi) is 8.33. The minimum atomic E-state index is -0.379. The highest BCUT2D eigenvalue weighted by Crippen LogP contribution is 2.22. The zero-order valence-corrected chi connectivity index (χ0v) is 18.8. The van der Waals surface area contributed by atoms with Gasteiger partial charge in [0.15, 0.2) is 0 Å². The molecular formula is C23H33N3O4. The Balaban J connectivity index is 2.27. The van der Waals surface area contributed by atoms with Gasteiger partial charge in [-0.25, -0.2) is 9.59 Å². The summed E-state index contributed by atoms with van der Waals surface area (Å²) in [5.41, 5.74) is 4.02. The van der Waals surface area contributed by atoms with Gasteiger partial charge in [-0.05, 0) is 55.5 Å². The zero-order chi connectivity index (χ0) is 22.3. The van der Waals surface area contributed by atoms with Crippen molar-refractivity contribution < 1.29 is 19.1 Å². The van der Waals surface area contributed by atoms with Gasteiger partial charge in [0, 0.05) is 25.3 Å². The number of aromatic amines is 1. The smallest absolute Gasteiger partial charge is 0.355 e. The average molecular weight is 416 g/mol. The van der Waals surface area contributed by atoms with E-state index in [1.54, 1.807) is 18.9 Å². The molecule has 0 unspecified atom stereocenters. The van der Waals surface area contributed by atoms with Crippen molar-refractivity contribution in [2.45, 2.75) is 47.7 Å². The third-order valence-corrected chi connectivity index (χ3v) is 4.90. The van der Waals surface area contributed by atoms with Gasteiger partial charge < -0.3 is 24.7 Å². The summed E-state index contributed by atoms with van der Waals surface area (Å²) >= 11 is 0. The van der Waals surface area contributed by atoms with Crippen LogP contribution in [0.25, 0.3) is 0 Å². The third-order valence-electron chi connectivity index (χ3n) is 4.90. The van der Waals surface area contributed by atoms with E-state index < -0.39 is 0 Å². The number of methoxy groups -OCH3 is 1. The highest BCUT2D eigenvalue weighted by molar-refractivity contribution is 5.89. The molecule has 0 radical (unpaired) electrons. The second-order valence-corrected chi connectivity index (χ2v) is 7.73. The Bertz CT molecular complexity index is 856. The summed E-state index contributed by atoms with van der Waals surface area (Å²) in [5.74, 6) is 0.740. The summed E-state index contributed by atoms with van der Waals surface area (Å²) in [4.78, 5) is 30.0. The lowest BCUT2D eigenvalue weighted by atomic mass is 10.1. The van der Waals surface area contributed by atoms with E-state index in [2.05, 4.69) is 24.1 Å². The number of ether oxygens (including phenoxy) is 2. The molecule has 0 aliphatic heterocycles. The Morgan fingerprint density at radius 1 is 1.13 bits per heavy atom. The van der Waals surface area contributed by atoms with Crippen LogP contribution in [0.5, 0.6) is 5.75 Å². The number of urea groups is 1. The molecule has 2 amide bonds. The maximum Gasteiger partial charge on any atom is 0.355 e. The maximum absolute atomic E-state index is 12.9. The number of carbonyl (C=O) groups is 2. The van der Waals surface area contributed by atoms with Crippen LogP contribution >= 0.6 is 0 Å². The Morgan fingerprint density at radius 3 is 2.37 bits per heavy atom. The average Bonchev–Trinajstić information content (AvgIpc) is 3.00. The van der Waals surface area contributed by atoms with Crippen molar-refractivity contribution in [3.63, 3.8) is 0 Å². The largest absolute Gasteiger partial charge is 0.497 e. The van der Waals surface area contributed by atoms with Crippen molar-refractivity contribution in [2.75, 3.05) is 20.3 Å². The number of carbonyl (C=O) groups excluding carboxylic acids is 2. The molecule has 0 atom stereocenters. The SMILES string of the molecule is CCOC(=O)c1[nH]c(C)c(CN(Cc2ccc(OC)cc2)C(=O)NCC(C)C)c1C. The fourth-order valence-electron chi connectivity index (χ4n) is 3.18. The van der Waals surface area contributed by atoms with Crippen LogP contribution in [-0.2, 0) is 17.8 Å². The van der Waals surface area contributed by atoms with Crippen molar-refractivity contribution in [3.8, 4) is 5.75 Å². The van der Waals surface area contributed by atoms with Crippen LogP contribution in [0.4, 0.5) is 4.79 Å². The normalized spacial score (nSPS) is 10.8. The maximum atomic E-state index is 12.9. The summed E-state index contributed by atoms with van der Waals surface area (Å²) in [5, 5.41) is 2.99. The number of aromatic nitrogens is 1. The number of benzene rings is 1. The number of esters is 1. The number of rotatable bonds is 9. The number of hydrogen-bond acceptors (Lipinski definition) is 4. The van der Waals surface area contributed by atoms with Gasteiger partial charge in [0.25, 0.3) is 0 Å². The molecule has 1 aromatic heterocycles. The van der Waals surface area contributed by atoms with Crippen LogP contribution in [-0.4, -0.2) is 42.1 Å². The minimum Gasteiger partial charge on any atom is -0.497 e. The van der Waals surface area contributed by atoms with Crippen molar-refractivity contribution >= 4 is 12.0 Å². The first-order valence-electron chi connectivity index (χ1n) is 10.3. The molecule has 2 N–H and O–H groups in total. The monoisotopic (exact) mass is 415 g/mol. The van der Waals surface area contributed by atoms with Crippen LogP contribution in [0.3, 0.4) is 0 Å². The summed E-state index contributed by atoms with van der Waals surface area (Å²) < 4.78 is 10.4. The molecule has 0 saturated heterocycles. The quantitative estimate of drug-likeness (QED) is 0.602. The van der Waals surface area contributed by atoms with Gasteiger partial charge in [0.05, 0.1) is 13.7 Å². The van der Waals surface area contributed by atoms with Gasteiger partial charge in [0.2, 0.25) is 0 Å². The minimum absolute atomic E-state index is 0.141. The summed E-state index contributed by atoms with van der Waals surface area (Å²) in [6.07, 6.45) is 0. The highest BCUT2D eigenvalue weighted by Gasteiger charge is 2.22. The third kappa shape index (κ3) is 6.02. The Labute approximate surface area is 178 Å².